The number of anilines is 1. The molecule has 1 N–H and O–H groups in total. The van der Waals surface area contributed by atoms with Gasteiger partial charge in [-0.05, 0) is 43.2 Å². The van der Waals surface area contributed by atoms with Crippen LogP contribution in [-0.2, 0) is 6.54 Å². The molecule has 0 fully saturated rings. The summed E-state index contributed by atoms with van der Waals surface area (Å²) in [5.74, 6) is 0.944. The lowest BCUT2D eigenvalue weighted by Crippen LogP contribution is -2.00. The fourth-order valence-corrected chi connectivity index (χ4v) is 1.81. The molecule has 3 heteroatoms. The Bertz CT molecular complexity index is 506. The van der Waals surface area contributed by atoms with Crippen LogP contribution in [0.1, 0.15) is 31.0 Å². The molecule has 0 bridgehead atoms. The second kappa shape index (κ2) is 7.53. The molecule has 1 aromatic heterocycles. The first-order valence-electron chi connectivity index (χ1n) is 7.16. The van der Waals surface area contributed by atoms with Crippen molar-refractivity contribution >= 4 is 5.69 Å². The first kappa shape index (κ1) is 14.4. The zero-order valence-corrected chi connectivity index (χ0v) is 12.2. The van der Waals surface area contributed by atoms with Gasteiger partial charge >= 0.3 is 0 Å². The molecular weight excluding hydrogens is 248 g/mol. The van der Waals surface area contributed by atoms with E-state index >= 15 is 0 Å². The highest BCUT2D eigenvalue weighted by Gasteiger charge is 1.97. The van der Waals surface area contributed by atoms with Gasteiger partial charge in [-0.15, -0.1) is 0 Å². The van der Waals surface area contributed by atoms with Gasteiger partial charge in [-0.25, -0.2) is 0 Å². The quantitative estimate of drug-likeness (QED) is 0.766. The molecule has 0 unspecified atom stereocenters. The van der Waals surface area contributed by atoms with E-state index in [4.69, 9.17) is 4.74 Å². The van der Waals surface area contributed by atoms with Crippen LogP contribution in [0, 0.1) is 6.92 Å². The highest BCUT2D eigenvalue weighted by atomic mass is 16.5. The lowest BCUT2D eigenvalue weighted by atomic mass is 10.2. The first-order valence-corrected chi connectivity index (χ1v) is 7.16. The number of nitrogens with zero attached hydrogens (tertiary/aromatic N) is 1. The predicted octanol–water partition coefficient (Wildman–Crippen LogP) is 4.18. The van der Waals surface area contributed by atoms with Crippen molar-refractivity contribution in [3.05, 3.63) is 53.9 Å². The number of aryl methyl sites for hydroxylation is 1. The fraction of sp³-hybridized carbons (Fsp3) is 0.353. The Morgan fingerprint density at radius 3 is 2.55 bits per heavy atom. The zero-order chi connectivity index (χ0) is 14.2. The van der Waals surface area contributed by atoms with Gasteiger partial charge in [0.15, 0.2) is 0 Å². The van der Waals surface area contributed by atoms with Gasteiger partial charge in [0.1, 0.15) is 5.75 Å². The molecule has 106 valence electrons. The van der Waals surface area contributed by atoms with Crippen molar-refractivity contribution in [2.24, 2.45) is 0 Å². The van der Waals surface area contributed by atoms with Gasteiger partial charge in [-0.3, -0.25) is 4.98 Å². The molecule has 0 aliphatic heterocycles. The zero-order valence-electron chi connectivity index (χ0n) is 12.2. The molecule has 0 aliphatic rings. The summed E-state index contributed by atoms with van der Waals surface area (Å²) in [5.41, 5.74) is 3.30. The van der Waals surface area contributed by atoms with E-state index in [1.807, 2.05) is 37.4 Å². The van der Waals surface area contributed by atoms with Crippen LogP contribution in [-0.4, -0.2) is 11.6 Å². The second-order valence-corrected chi connectivity index (χ2v) is 4.89. The SMILES string of the molecule is CCCCOc1ccc(CNc2ccc(C)nc2)cc1. The number of rotatable bonds is 7. The van der Waals surface area contributed by atoms with Crippen molar-refractivity contribution in [1.82, 2.24) is 4.98 Å². The predicted molar refractivity (Wildman–Crippen MR) is 83.1 cm³/mol. The summed E-state index contributed by atoms with van der Waals surface area (Å²) in [6.45, 7) is 5.74. The van der Waals surface area contributed by atoms with E-state index in [9.17, 15) is 0 Å². The summed E-state index contributed by atoms with van der Waals surface area (Å²) < 4.78 is 5.65. The molecule has 0 spiro atoms. The van der Waals surface area contributed by atoms with E-state index in [1.54, 1.807) is 0 Å². The summed E-state index contributed by atoms with van der Waals surface area (Å²) in [4.78, 5) is 4.26. The van der Waals surface area contributed by atoms with Gasteiger partial charge < -0.3 is 10.1 Å². The lowest BCUT2D eigenvalue weighted by Gasteiger charge is -2.08. The van der Waals surface area contributed by atoms with Crippen molar-refractivity contribution in [3.8, 4) is 5.75 Å². The van der Waals surface area contributed by atoms with Crippen LogP contribution in [0.15, 0.2) is 42.6 Å². The molecule has 1 aromatic carbocycles. The van der Waals surface area contributed by atoms with Crippen molar-refractivity contribution in [1.29, 1.82) is 0 Å². The maximum atomic E-state index is 5.65. The third-order valence-corrected chi connectivity index (χ3v) is 3.10. The molecule has 0 saturated carbocycles. The van der Waals surface area contributed by atoms with E-state index in [0.29, 0.717) is 0 Å². The summed E-state index contributed by atoms with van der Waals surface area (Å²) >= 11 is 0. The van der Waals surface area contributed by atoms with Gasteiger partial charge in [0.05, 0.1) is 18.5 Å². The normalized spacial score (nSPS) is 10.3. The van der Waals surface area contributed by atoms with Gasteiger partial charge in [-0.1, -0.05) is 25.5 Å². The smallest absolute Gasteiger partial charge is 0.119 e. The number of unbranched alkanes of at least 4 members (excludes halogenated alkanes) is 1. The molecule has 0 amide bonds. The van der Waals surface area contributed by atoms with Crippen molar-refractivity contribution in [2.75, 3.05) is 11.9 Å². The Hall–Kier alpha value is -2.03. The maximum absolute atomic E-state index is 5.65. The van der Waals surface area contributed by atoms with Crippen molar-refractivity contribution < 1.29 is 4.74 Å². The summed E-state index contributed by atoms with van der Waals surface area (Å²) in [7, 11) is 0. The molecule has 0 saturated heterocycles. The van der Waals surface area contributed by atoms with Crippen LogP contribution < -0.4 is 10.1 Å². The Labute approximate surface area is 121 Å². The number of aromatic nitrogens is 1. The number of nitrogens with one attached hydrogen (secondary N) is 1. The molecule has 0 aliphatic carbocycles. The minimum Gasteiger partial charge on any atom is -0.494 e. The van der Waals surface area contributed by atoms with Crippen LogP contribution in [0.4, 0.5) is 5.69 Å². The second-order valence-electron chi connectivity index (χ2n) is 4.89. The Balaban J connectivity index is 1.82. The largest absolute Gasteiger partial charge is 0.494 e. The lowest BCUT2D eigenvalue weighted by molar-refractivity contribution is 0.309. The highest BCUT2D eigenvalue weighted by molar-refractivity contribution is 5.42. The molecule has 1 heterocycles. The molecule has 3 nitrogen and oxygen atoms in total. The number of ether oxygens (including phenoxy) is 1. The molecule has 0 atom stereocenters. The average Bonchev–Trinajstić information content (AvgIpc) is 2.48. The first-order chi connectivity index (χ1) is 9.78. The average molecular weight is 270 g/mol. The fourth-order valence-electron chi connectivity index (χ4n) is 1.81. The molecule has 2 rings (SSSR count). The molecular formula is C17H22N2O. The minimum atomic E-state index is 0.792. The van der Waals surface area contributed by atoms with Crippen LogP contribution >= 0.6 is 0 Å². The van der Waals surface area contributed by atoms with Gasteiger partial charge in [0.25, 0.3) is 0 Å². The van der Waals surface area contributed by atoms with Crippen LogP contribution in [0.5, 0.6) is 5.75 Å². The molecule has 2 aromatic rings. The Kier molecular flexibility index (Phi) is 5.42. The number of benzene rings is 1. The van der Waals surface area contributed by atoms with Crippen molar-refractivity contribution in [3.63, 3.8) is 0 Å². The summed E-state index contributed by atoms with van der Waals surface area (Å²) in [6.07, 6.45) is 4.12. The maximum Gasteiger partial charge on any atom is 0.119 e. The standard InChI is InChI=1S/C17H22N2O/c1-3-4-11-20-17-9-6-15(7-10-17)12-19-16-8-5-14(2)18-13-16/h5-10,13,19H,3-4,11-12H2,1-2H3. The van der Waals surface area contributed by atoms with E-state index in [-0.39, 0.29) is 0 Å². The third kappa shape index (κ3) is 4.57. The van der Waals surface area contributed by atoms with E-state index in [1.165, 1.54) is 5.56 Å². The van der Waals surface area contributed by atoms with Crippen molar-refractivity contribution in [2.45, 2.75) is 33.2 Å². The Morgan fingerprint density at radius 2 is 1.90 bits per heavy atom. The molecule has 0 radical (unpaired) electrons. The Morgan fingerprint density at radius 1 is 1.10 bits per heavy atom. The van der Waals surface area contributed by atoms with Gasteiger partial charge in [0.2, 0.25) is 0 Å². The van der Waals surface area contributed by atoms with Gasteiger partial charge in [-0.2, -0.15) is 0 Å². The summed E-state index contributed by atoms with van der Waals surface area (Å²) in [6, 6.07) is 12.3. The number of hydrogen-bond donors (Lipinski definition) is 1. The third-order valence-electron chi connectivity index (χ3n) is 3.10. The van der Waals surface area contributed by atoms with E-state index in [2.05, 4.69) is 29.4 Å². The minimum absolute atomic E-state index is 0.792. The van der Waals surface area contributed by atoms with Crippen LogP contribution in [0.3, 0.4) is 0 Å². The summed E-state index contributed by atoms with van der Waals surface area (Å²) in [5, 5.41) is 3.36. The molecule has 20 heavy (non-hydrogen) atoms. The van der Waals surface area contributed by atoms with Gasteiger partial charge in [0, 0.05) is 12.2 Å². The highest BCUT2D eigenvalue weighted by Crippen LogP contribution is 2.14. The van der Waals surface area contributed by atoms with Crippen LogP contribution in [0.25, 0.3) is 0 Å². The number of hydrogen-bond acceptors (Lipinski definition) is 3. The topological polar surface area (TPSA) is 34.1 Å². The van der Waals surface area contributed by atoms with Crippen LogP contribution in [0.2, 0.25) is 0 Å². The van der Waals surface area contributed by atoms with E-state index in [0.717, 1.165) is 43.1 Å². The van der Waals surface area contributed by atoms with E-state index < -0.39 is 0 Å². The monoisotopic (exact) mass is 270 g/mol. The number of pyridine rings is 1.